The number of amides is 1. The summed E-state index contributed by atoms with van der Waals surface area (Å²) in [6, 6.07) is 5.65. The van der Waals surface area contributed by atoms with Crippen molar-refractivity contribution in [2.24, 2.45) is 5.73 Å². The summed E-state index contributed by atoms with van der Waals surface area (Å²) < 4.78 is 5.60. The maximum absolute atomic E-state index is 11.6. The molecule has 0 aliphatic heterocycles. The first-order chi connectivity index (χ1) is 9.02. The molecule has 4 heteroatoms. The van der Waals surface area contributed by atoms with Crippen LogP contribution in [0.1, 0.15) is 30.9 Å². The van der Waals surface area contributed by atoms with Crippen LogP contribution in [0.2, 0.25) is 0 Å². The number of benzene rings is 1. The van der Waals surface area contributed by atoms with E-state index < -0.39 is 6.04 Å². The van der Waals surface area contributed by atoms with Gasteiger partial charge in [-0.3, -0.25) is 4.79 Å². The summed E-state index contributed by atoms with van der Waals surface area (Å²) in [5.74, 6) is 0.732. The Morgan fingerprint density at radius 3 is 2.53 bits per heavy atom. The summed E-state index contributed by atoms with van der Waals surface area (Å²) in [6.45, 7) is 7.00. The minimum atomic E-state index is -0.411. The molecule has 1 atom stereocenters. The van der Waals surface area contributed by atoms with Crippen LogP contribution in [0.25, 0.3) is 0 Å². The van der Waals surface area contributed by atoms with Crippen molar-refractivity contribution in [1.82, 2.24) is 5.32 Å². The van der Waals surface area contributed by atoms with Crippen LogP contribution < -0.4 is 15.8 Å². The third-order valence-corrected chi connectivity index (χ3v) is 2.80. The van der Waals surface area contributed by atoms with E-state index in [1.807, 2.05) is 32.9 Å². The Balaban J connectivity index is 2.29. The summed E-state index contributed by atoms with van der Waals surface area (Å²) in [7, 11) is 0. The summed E-state index contributed by atoms with van der Waals surface area (Å²) in [6.07, 6.45) is 1.62. The Hall–Kier alpha value is -1.55. The molecule has 0 radical (unpaired) electrons. The molecule has 0 spiro atoms. The molecule has 3 N–H and O–H groups in total. The van der Waals surface area contributed by atoms with Gasteiger partial charge in [0.1, 0.15) is 12.4 Å². The lowest BCUT2D eigenvalue weighted by molar-refractivity contribution is -0.122. The zero-order chi connectivity index (χ0) is 14.3. The molecule has 0 aliphatic rings. The van der Waals surface area contributed by atoms with Gasteiger partial charge in [-0.15, -0.1) is 0 Å². The Bertz CT molecular complexity index is 398. The lowest BCUT2D eigenvalue weighted by atomic mass is 10.1. The molecule has 0 bridgehead atoms. The van der Waals surface area contributed by atoms with E-state index in [-0.39, 0.29) is 5.91 Å². The van der Waals surface area contributed by atoms with Gasteiger partial charge in [-0.2, -0.15) is 0 Å². The lowest BCUT2D eigenvalue weighted by Crippen LogP contribution is -2.41. The second kappa shape index (κ2) is 7.79. The first-order valence-electron chi connectivity index (χ1n) is 6.77. The van der Waals surface area contributed by atoms with E-state index in [0.717, 1.165) is 12.2 Å². The number of hydrogen-bond donors (Lipinski definition) is 2. The predicted octanol–water partition coefficient (Wildman–Crippen LogP) is 1.93. The summed E-state index contributed by atoms with van der Waals surface area (Å²) in [5.41, 5.74) is 8.05. The van der Waals surface area contributed by atoms with Gasteiger partial charge in [-0.05, 0) is 43.5 Å². The number of aryl methyl sites for hydroxylation is 2. The van der Waals surface area contributed by atoms with E-state index in [4.69, 9.17) is 10.5 Å². The molecule has 19 heavy (non-hydrogen) atoms. The molecular weight excluding hydrogens is 240 g/mol. The molecule has 1 amide bonds. The highest BCUT2D eigenvalue weighted by Gasteiger charge is 2.10. The Labute approximate surface area is 115 Å². The first-order valence-corrected chi connectivity index (χ1v) is 6.77. The smallest absolute Gasteiger partial charge is 0.237 e. The molecule has 0 aliphatic carbocycles. The van der Waals surface area contributed by atoms with Crippen LogP contribution in [0, 0.1) is 13.8 Å². The van der Waals surface area contributed by atoms with E-state index in [9.17, 15) is 4.79 Å². The van der Waals surface area contributed by atoms with Gasteiger partial charge in [-0.1, -0.05) is 19.4 Å². The molecule has 106 valence electrons. The maximum atomic E-state index is 11.6. The first kappa shape index (κ1) is 15.5. The van der Waals surface area contributed by atoms with Crippen molar-refractivity contribution >= 4 is 5.91 Å². The summed E-state index contributed by atoms with van der Waals surface area (Å²) in [4.78, 5) is 11.6. The van der Waals surface area contributed by atoms with Gasteiger partial charge < -0.3 is 15.8 Å². The van der Waals surface area contributed by atoms with Crippen molar-refractivity contribution in [2.45, 2.75) is 39.7 Å². The van der Waals surface area contributed by atoms with Gasteiger partial charge >= 0.3 is 0 Å². The summed E-state index contributed by atoms with van der Waals surface area (Å²) >= 11 is 0. The molecule has 0 heterocycles. The molecule has 0 saturated heterocycles. The molecule has 1 aromatic rings. The van der Waals surface area contributed by atoms with Crippen LogP contribution in [-0.2, 0) is 4.79 Å². The minimum absolute atomic E-state index is 0.106. The van der Waals surface area contributed by atoms with Crippen molar-refractivity contribution in [3.05, 3.63) is 29.3 Å². The van der Waals surface area contributed by atoms with Crippen LogP contribution in [-0.4, -0.2) is 25.1 Å². The number of carbonyl (C=O) groups is 1. The molecular formula is C15H24N2O2. The number of ether oxygens (including phenoxy) is 1. The second-order valence-electron chi connectivity index (χ2n) is 4.86. The number of nitrogens with two attached hydrogens (primary N) is 1. The van der Waals surface area contributed by atoms with Crippen molar-refractivity contribution in [3.63, 3.8) is 0 Å². The third kappa shape index (κ3) is 5.75. The van der Waals surface area contributed by atoms with Crippen molar-refractivity contribution in [3.8, 4) is 5.75 Å². The largest absolute Gasteiger partial charge is 0.492 e. The van der Waals surface area contributed by atoms with Crippen molar-refractivity contribution in [2.75, 3.05) is 13.2 Å². The van der Waals surface area contributed by atoms with Gasteiger partial charge in [0.15, 0.2) is 0 Å². The topological polar surface area (TPSA) is 64.4 Å². The Morgan fingerprint density at radius 2 is 1.95 bits per heavy atom. The quantitative estimate of drug-likeness (QED) is 0.740. The Morgan fingerprint density at radius 1 is 1.32 bits per heavy atom. The standard InChI is InChI=1S/C15H24N2O2/c1-4-5-14(16)15(18)17-6-7-19-13-9-11(2)8-12(3)10-13/h8-10,14H,4-7,16H2,1-3H3,(H,17,18). The molecule has 1 unspecified atom stereocenters. The van der Waals surface area contributed by atoms with Crippen molar-refractivity contribution < 1.29 is 9.53 Å². The van der Waals surface area contributed by atoms with E-state index in [0.29, 0.717) is 19.6 Å². The average molecular weight is 264 g/mol. The zero-order valence-corrected chi connectivity index (χ0v) is 12.0. The van der Waals surface area contributed by atoms with E-state index in [1.165, 1.54) is 11.1 Å². The van der Waals surface area contributed by atoms with Gasteiger partial charge in [0.05, 0.1) is 12.6 Å². The molecule has 0 saturated carbocycles. The number of carbonyl (C=O) groups excluding carboxylic acids is 1. The van der Waals surface area contributed by atoms with Crippen molar-refractivity contribution in [1.29, 1.82) is 0 Å². The van der Waals surface area contributed by atoms with E-state index in [1.54, 1.807) is 0 Å². The normalized spacial score (nSPS) is 12.0. The fourth-order valence-corrected chi connectivity index (χ4v) is 1.93. The van der Waals surface area contributed by atoms with Crippen LogP contribution >= 0.6 is 0 Å². The molecule has 1 rings (SSSR count). The summed E-state index contributed by atoms with van der Waals surface area (Å²) in [5, 5.41) is 2.78. The van der Waals surface area contributed by atoms with Gasteiger partial charge in [0.25, 0.3) is 0 Å². The van der Waals surface area contributed by atoms with Gasteiger partial charge in [-0.25, -0.2) is 0 Å². The molecule has 0 fully saturated rings. The highest BCUT2D eigenvalue weighted by atomic mass is 16.5. The molecule has 4 nitrogen and oxygen atoms in total. The van der Waals surface area contributed by atoms with E-state index in [2.05, 4.69) is 11.4 Å². The monoisotopic (exact) mass is 264 g/mol. The Kier molecular flexibility index (Phi) is 6.36. The average Bonchev–Trinajstić information content (AvgIpc) is 2.33. The lowest BCUT2D eigenvalue weighted by Gasteiger charge is -2.12. The fraction of sp³-hybridized carbons (Fsp3) is 0.533. The van der Waals surface area contributed by atoms with Crippen LogP contribution in [0.15, 0.2) is 18.2 Å². The third-order valence-electron chi connectivity index (χ3n) is 2.80. The van der Waals surface area contributed by atoms with Gasteiger partial charge in [0, 0.05) is 0 Å². The highest BCUT2D eigenvalue weighted by Crippen LogP contribution is 2.15. The zero-order valence-electron chi connectivity index (χ0n) is 12.0. The fourth-order valence-electron chi connectivity index (χ4n) is 1.93. The second-order valence-corrected chi connectivity index (χ2v) is 4.86. The van der Waals surface area contributed by atoms with Gasteiger partial charge in [0.2, 0.25) is 5.91 Å². The minimum Gasteiger partial charge on any atom is -0.492 e. The van der Waals surface area contributed by atoms with E-state index >= 15 is 0 Å². The number of nitrogens with one attached hydrogen (secondary N) is 1. The van der Waals surface area contributed by atoms with Crippen LogP contribution in [0.4, 0.5) is 0 Å². The van der Waals surface area contributed by atoms with Crippen LogP contribution in [0.5, 0.6) is 5.75 Å². The molecule has 1 aromatic carbocycles. The maximum Gasteiger partial charge on any atom is 0.237 e. The molecule has 0 aromatic heterocycles. The number of hydrogen-bond acceptors (Lipinski definition) is 3. The van der Waals surface area contributed by atoms with Crippen LogP contribution in [0.3, 0.4) is 0 Å². The number of rotatable bonds is 7. The SMILES string of the molecule is CCCC(N)C(=O)NCCOc1cc(C)cc(C)c1. The highest BCUT2D eigenvalue weighted by molar-refractivity contribution is 5.81. The predicted molar refractivity (Wildman–Crippen MR) is 77.3 cm³/mol.